The minimum absolute atomic E-state index is 0.0436. The summed E-state index contributed by atoms with van der Waals surface area (Å²) in [5.41, 5.74) is 0.648. The van der Waals surface area contributed by atoms with Crippen molar-refractivity contribution >= 4 is 17.7 Å². The molecule has 2 fully saturated rings. The Bertz CT molecular complexity index is 1310. The standard InChI is InChI=1S/C28H30F3N5O4/c1-39-26-21(8-5-13-32-26)24(28(29,30)31)36-15-20(14-33-36)34-25(37)23(22(18-9-10-18)19-11-12-19)35-27(38)40-16-17-6-3-2-4-7-17/h2-8,13-15,18-19,22-24H,9-12,16H2,1H3,(H,34,37)(H,35,38)/t23-,24?/m0/s1. The van der Waals surface area contributed by atoms with Gasteiger partial charge in [0.25, 0.3) is 0 Å². The molecular weight excluding hydrogens is 527 g/mol. The number of hydrogen-bond acceptors (Lipinski definition) is 6. The van der Waals surface area contributed by atoms with Gasteiger partial charge < -0.3 is 20.1 Å². The molecular formula is C28H30F3N5O4. The van der Waals surface area contributed by atoms with Crippen LogP contribution in [-0.2, 0) is 16.1 Å². The molecule has 9 nitrogen and oxygen atoms in total. The van der Waals surface area contributed by atoms with Gasteiger partial charge >= 0.3 is 12.3 Å². The fourth-order valence-electron chi connectivity index (χ4n) is 5.13. The van der Waals surface area contributed by atoms with Crippen LogP contribution in [0.15, 0.2) is 61.1 Å². The minimum Gasteiger partial charge on any atom is -0.481 e. The first-order valence-electron chi connectivity index (χ1n) is 13.1. The predicted molar refractivity (Wildman–Crippen MR) is 138 cm³/mol. The highest BCUT2D eigenvalue weighted by Gasteiger charge is 2.49. The quantitative estimate of drug-likeness (QED) is 0.340. The number of aromatic nitrogens is 3. The van der Waals surface area contributed by atoms with Crippen molar-refractivity contribution in [3.63, 3.8) is 0 Å². The molecule has 2 atom stereocenters. The van der Waals surface area contributed by atoms with Gasteiger partial charge in [-0.05, 0) is 61.1 Å². The summed E-state index contributed by atoms with van der Waals surface area (Å²) in [6, 6.07) is 8.72. The van der Waals surface area contributed by atoms with E-state index in [0.717, 1.165) is 43.6 Å². The van der Waals surface area contributed by atoms with Gasteiger partial charge in [0, 0.05) is 18.0 Å². The Balaban J connectivity index is 1.33. The van der Waals surface area contributed by atoms with E-state index in [4.69, 9.17) is 9.47 Å². The van der Waals surface area contributed by atoms with Crippen molar-refractivity contribution in [3.05, 3.63) is 72.2 Å². The van der Waals surface area contributed by atoms with E-state index in [1.807, 2.05) is 30.3 Å². The number of amides is 2. The van der Waals surface area contributed by atoms with Gasteiger partial charge in [-0.3, -0.25) is 9.48 Å². The lowest BCUT2D eigenvalue weighted by molar-refractivity contribution is -0.159. The molecule has 2 aromatic heterocycles. The maximum absolute atomic E-state index is 14.2. The Morgan fingerprint density at radius 3 is 2.40 bits per heavy atom. The summed E-state index contributed by atoms with van der Waals surface area (Å²) in [6.07, 6.45) is 1.98. The van der Waals surface area contributed by atoms with Crippen molar-refractivity contribution in [2.45, 2.75) is 50.6 Å². The first kappa shape index (κ1) is 27.5. The number of pyridine rings is 1. The van der Waals surface area contributed by atoms with Crippen LogP contribution in [0.25, 0.3) is 0 Å². The van der Waals surface area contributed by atoms with Crippen LogP contribution < -0.4 is 15.4 Å². The van der Waals surface area contributed by atoms with E-state index in [1.165, 1.54) is 25.4 Å². The highest BCUT2D eigenvalue weighted by Crippen LogP contribution is 2.51. The van der Waals surface area contributed by atoms with Crippen LogP contribution in [0.2, 0.25) is 0 Å². The normalized spacial score (nSPS) is 16.7. The number of ether oxygens (including phenoxy) is 2. The number of alkyl halides is 3. The summed E-state index contributed by atoms with van der Waals surface area (Å²) >= 11 is 0. The van der Waals surface area contributed by atoms with E-state index in [2.05, 4.69) is 20.7 Å². The Kier molecular flexibility index (Phi) is 7.95. The zero-order chi connectivity index (χ0) is 28.3. The third-order valence-corrected chi connectivity index (χ3v) is 7.22. The third kappa shape index (κ3) is 6.54. The maximum atomic E-state index is 14.2. The molecule has 0 radical (unpaired) electrons. The molecule has 2 heterocycles. The molecule has 2 N–H and O–H groups in total. The summed E-state index contributed by atoms with van der Waals surface area (Å²) in [5.74, 6) is -0.188. The number of nitrogens with zero attached hydrogens (tertiary/aromatic N) is 3. The minimum atomic E-state index is -4.72. The van der Waals surface area contributed by atoms with Gasteiger partial charge in [-0.1, -0.05) is 30.3 Å². The molecule has 0 aliphatic heterocycles. The number of anilines is 1. The van der Waals surface area contributed by atoms with Crippen LogP contribution >= 0.6 is 0 Å². The van der Waals surface area contributed by atoms with Crippen LogP contribution in [-0.4, -0.2) is 46.1 Å². The fourth-order valence-corrected chi connectivity index (χ4v) is 5.13. The SMILES string of the molecule is COc1ncccc1C(n1cc(NC(=O)[C@@H](NC(=O)OCc2ccccc2)C(C2CC2)C2CC2)cn1)C(F)(F)F. The van der Waals surface area contributed by atoms with E-state index in [-0.39, 0.29) is 29.7 Å². The number of halogens is 3. The Morgan fingerprint density at radius 2 is 1.77 bits per heavy atom. The van der Waals surface area contributed by atoms with E-state index in [9.17, 15) is 22.8 Å². The van der Waals surface area contributed by atoms with Gasteiger partial charge in [0.05, 0.1) is 19.0 Å². The summed E-state index contributed by atoms with van der Waals surface area (Å²) in [4.78, 5) is 30.1. The third-order valence-electron chi connectivity index (χ3n) is 7.22. The Morgan fingerprint density at radius 1 is 1.07 bits per heavy atom. The molecule has 2 amide bonds. The molecule has 12 heteroatoms. The van der Waals surface area contributed by atoms with Gasteiger partial charge in [0.1, 0.15) is 12.6 Å². The highest BCUT2D eigenvalue weighted by atomic mass is 19.4. The van der Waals surface area contributed by atoms with Crippen LogP contribution in [0.5, 0.6) is 5.88 Å². The zero-order valence-electron chi connectivity index (χ0n) is 21.8. The second-order valence-corrected chi connectivity index (χ2v) is 10.2. The molecule has 0 spiro atoms. The van der Waals surface area contributed by atoms with Crippen molar-refractivity contribution in [2.24, 2.45) is 17.8 Å². The molecule has 2 saturated carbocycles. The monoisotopic (exact) mass is 557 g/mol. The second kappa shape index (κ2) is 11.6. The molecule has 3 aromatic rings. The molecule has 0 bridgehead atoms. The summed E-state index contributed by atoms with van der Waals surface area (Å²) < 4.78 is 53.6. The zero-order valence-corrected chi connectivity index (χ0v) is 21.8. The number of carbonyl (C=O) groups excluding carboxylic acids is 2. The van der Waals surface area contributed by atoms with E-state index >= 15 is 0 Å². The molecule has 2 aliphatic carbocycles. The number of rotatable bonds is 11. The van der Waals surface area contributed by atoms with Crippen LogP contribution in [0, 0.1) is 17.8 Å². The van der Waals surface area contributed by atoms with Gasteiger partial charge in [0.15, 0.2) is 6.04 Å². The summed E-state index contributed by atoms with van der Waals surface area (Å²) in [5, 5.41) is 9.30. The number of benzene rings is 1. The highest BCUT2D eigenvalue weighted by molar-refractivity contribution is 5.96. The van der Waals surface area contributed by atoms with E-state index in [1.54, 1.807) is 0 Å². The van der Waals surface area contributed by atoms with Gasteiger partial charge in [0.2, 0.25) is 11.8 Å². The fraction of sp³-hybridized carbons (Fsp3) is 0.429. The average Bonchev–Trinajstić information content (AvgIpc) is 3.88. The average molecular weight is 558 g/mol. The number of alkyl carbamates (subject to hydrolysis) is 1. The molecule has 40 heavy (non-hydrogen) atoms. The van der Waals surface area contributed by atoms with Crippen LogP contribution in [0.3, 0.4) is 0 Å². The molecule has 0 saturated heterocycles. The van der Waals surface area contributed by atoms with Crippen LogP contribution in [0.1, 0.15) is 42.9 Å². The molecule has 1 aromatic carbocycles. The van der Waals surface area contributed by atoms with Crippen LogP contribution in [0.4, 0.5) is 23.7 Å². The number of carbonyl (C=O) groups is 2. The van der Waals surface area contributed by atoms with Crippen molar-refractivity contribution < 1.29 is 32.2 Å². The lowest BCUT2D eigenvalue weighted by atomic mass is 9.89. The van der Waals surface area contributed by atoms with Crippen molar-refractivity contribution in [3.8, 4) is 5.88 Å². The first-order valence-corrected chi connectivity index (χ1v) is 13.1. The molecule has 2 aliphatic rings. The number of hydrogen-bond donors (Lipinski definition) is 2. The Labute approximate surface area is 229 Å². The van der Waals surface area contributed by atoms with Gasteiger partial charge in [-0.25, -0.2) is 9.78 Å². The number of nitrogens with one attached hydrogen (secondary N) is 2. The molecule has 212 valence electrons. The van der Waals surface area contributed by atoms with Gasteiger partial charge in [-0.2, -0.15) is 18.3 Å². The number of methoxy groups -OCH3 is 1. The summed E-state index contributed by atoms with van der Waals surface area (Å²) in [6.45, 7) is 0.0436. The molecule has 1 unspecified atom stereocenters. The van der Waals surface area contributed by atoms with Crippen molar-refractivity contribution in [1.82, 2.24) is 20.1 Å². The largest absolute Gasteiger partial charge is 0.481 e. The second-order valence-electron chi connectivity index (χ2n) is 10.2. The van der Waals surface area contributed by atoms with E-state index in [0.29, 0.717) is 16.5 Å². The van der Waals surface area contributed by atoms with E-state index < -0.39 is 30.3 Å². The van der Waals surface area contributed by atoms with Gasteiger partial charge in [-0.15, -0.1) is 0 Å². The lowest BCUT2D eigenvalue weighted by Crippen LogP contribution is -2.50. The lowest BCUT2D eigenvalue weighted by Gasteiger charge is -2.27. The summed E-state index contributed by atoms with van der Waals surface area (Å²) in [7, 11) is 1.24. The Hall–Kier alpha value is -4.09. The van der Waals surface area contributed by atoms with Crippen molar-refractivity contribution in [1.29, 1.82) is 0 Å². The predicted octanol–water partition coefficient (Wildman–Crippen LogP) is 5.11. The van der Waals surface area contributed by atoms with Crippen molar-refractivity contribution in [2.75, 3.05) is 12.4 Å². The smallest absolute Gasteiger partial charge is 0.415 e. The maximum Gasteiger partial charge on any atom is 0.415 e. The first-order chi connectivity index (χ1) is 19.2. The topological polar surface area (TPSA) is 107 Å². The molecule has 5 rings (SSSR count).